The van der Waals surface area contributed by atoms with Crippen LogP contribution in [-0.2, 0) is 9.47 Å². The van der Waals surface area contributed by atoms with Gasteiger partial charge in [0, 0.05) is 20.2 Å². The molecular weight excluding hydrogens is 234 g/mol. The van der Waals surface area contributed by atoms with Crippen molar-refractivity contribution in [3.63, 3.8) is 0 Å². The summed E-state index contributed by atoms with van der Waals surface area (Å²) in [5, 5.41) is 7.24. The highest BCUT2D eigenvalue weighted by Crippen LogP contribution is 2.34. The Balaban J connectivity index is 2.13. The highest BCUT2D eigenvalue weighted by atomic mass is 16.5. The van der Waals surface area contributed by atoms with E-state index < -0.39 is 0 Å². The highest BCUT2D eigenvalue weighted by Gasteiger charge is 2.32. The lowest BCUT2D eigenvalue weighted by Crippen LogP contribution is -2.33. The van der Waals surface area contributed by atoms with Crippen molar-refractivity contribution in [2.24, 2.45) is 5.41 Å². The van der Waals surface area contributed by atoms with Crippen molar-refractivity contribution < 1.29 is 14.0 Å². The molecule has 6 heteroatoms. The number of rotatable bonds is 3. The van der Waals surface area contributed by atoms with Crippen molar-refractivity contribution >= 4 is 0 Å². The third-order valence-electron chi connectivity index (χ3n) is 2.92. The van der Waals surface area contributed by atoms with Crippen molar-refractivity contribution in [3.05, 3.63) is 11.7 Å². The molecular formula is C12H21N3O3. The Morgan fingerprint density at radius 1 is 1.44 bits per heavy atom. The maximum atomic E-state index is 5.58. The summed E-state index contributed by atoms with van der Waals surface area (Å²) >= 11 is 0. The zero-order valence-electron chi connectivity index (χ0n) is 11.4. The second-order valence-electron chi connectivity index (χ2n) is 5.54. The quantitative estimate of drug-likeness (QED) is 0.882. The summed E-state index contributed by atoms with van der Waals surface area (Å²) in [6.45, 7) is 8.46. The molecule has 0 saturated carbocycles. The summed E-state index contributed by atoms with van der Waals surface area (Å²) in [6, 6.07) is 0. The fourth-order valence-corrected chi connectivity index (χ4v) is 2.05. The number of hydrogen-bond acceptors (Lipinski definition) is 6. The maximum Gasteiger partial charge on any atom is 0.257 e. The smallest absolute Gasteiger partial charge is 0.257 e. The van der Waals surface area contributed by atoms with Gasteiger partial charge in [-0.25, -0.2) is 0 Å². The van der Waals surface area contributed by atoms with E-state index in [1.54, 1.807) is 7.11 Å². The largest absolute Gasteiger partial charge is 0.373 e. The van der Waals surface area contributed by atoms with E-state index >= 15 is 0 Å². The molecule has 0 aromatic carbocycles. The second kappa shape index (κ2) is 5.34. The molecule has 1 N–H and O–H groups in total. The summed E-state index contributed by atoms with van der Waals surface area (Å²) in [5.74, 6) is 1.10. The third kappa shape index (κ3) is 2.88. The van der Waals surface area contributed by atoms with Crippen LogP contribution < -0.4 is 5.32 Å². The van der Waals surface area contributed by atoms with Gasteiger partial charge in [0.1, 0.15) is 12.2 Å². The molecule has 1 aromatic rings. The number of morpholine rings is 1. The minimum Gasteiger partial charge on any atom is -0.373 e. The van der Waals surface area contributed by atoms with Crippen LogP contribution in [0.15, 0.2) is 4.52 Å². The van der Waals surface area contributed by atoms with Crippen molar-refractivity contribution in [3.8, 4) is 0 Å². The Kier molecular flexibility index (Phi) is 3.99. The van der Waals surface area contributed by atoms with E-state index in [9.17, 15) is 0 Å². The Hall–Kier alpha value is -0.980. The fraction of sp³-hybridized carbons (Fsp3) is 0.833. The molecule has 1 aliphatic heterocycles. The van der Waals surface area contributed by atoms with Crippen LogP contribution in [0, 0.1) is 5.41 Å². The van der Waals surface area contributed by atoms with Crippen LogP contribution in [0.4, 0.5) is 0 Å². The van der Waals surface area contributed by atoms with E-state index in [1.807, 2.05) is 0 Å². The Morgan fingerprint density at radius 3 is 2.78 bits per heavy atom. The van der Waals surface area contributed by atoms with E-state index in [0.717, 1.165) is 6.54 Å². The number of nitrogens with zero attached hydrogens (tertiary/aromatic N) is 2. The van der Waals surface area contributed by atoms with Crippen LogP contribution in [0.1, 0.15) is 44.7 Å². The van der Waals surface area contributed by atoms with Crippen LogP contribution in [0.5, 0.6) is 0 Å². The van der Waals surface area contributed by atoms with Crippen molar-refractivity contribution in [2.45, 2.75) is 33.0 Å². The predicted octanol–water partition coefficient (Wildman–Crippen LogP) is 1.46. The van der Waals surface area contributed by atoms with E-state index in [-0.39, 0.29) is 17.6 Å². The molecule has 1 aliphatic rings. The molecule has 0 bridgehead atoms. The molecule has 0 aliphatic carbocycles. The first-order valence-corrected chi connectivity index (χ1v) is 6.21. The molecule has 1 aromatic heterocycles. The Bertz CT molecular complexity index is 380. The molecule has 2 heterocycles. The van der Waals surface area contributed by atoms with Gasteiger partial charge in [-0.15, -0.1) is 0 Å². The Labute approximate surface area is 107 Å². The minimum atomic E-state index is -0.188. The first kappa shape index (κ1) is 13.5. The minimum absolute atomic E-state index is 0.0818. The van der Waals surface area contributed by atoms with Gasteiger partial charge in [-0.2, -0.15) is 4.98 Å². The number of hydrogen-bond donors (Lipinski definition) is 1. The first-order chi connectivity index (χ1) is 8.52. The summed E-state index contributed by atoms with van der Waals surface area (Å²) in [6.07, 6.45) is -0.343. The Morgan fingerprint density at radius 2 is 2.22 bits per heavy atom. The number of ether oxygens (including phenoxy) is 2. The molecule has 1 saturated heterocycles. The highest BCUT2D eigenvalue weighted by molar-refractivity contribution is 4.99. The lowest BCUT2D eigenvalue weighted by atomic mass is 9.88. The normalized spacial score (nSPS) is 23.0. The molecule has 18 heavy (non-hydrogen) atoms. The van der Waals surface area contributed by atoms with Crippen LogP contribution in [-0.4, -0.2) is 36.9 Å². The molecule has 0 radical (unpaired) electrons. The lowest BCUT2D eigenvalue weighted by molar-refractivity contribution is 0.00676. The zero-order valence-corrected chi connectivity index (χ0v) is 11.4. The number of aromatic nitrogens is 2. The molecule has 6 nitrogen and oxygen atoms in total. The molecule has 0 amide bonds. The third-order valence-corrected chi connectivity index (χ3v) is 2.92. The predicted molar refractivity (Wildman–Crippen MR) is 65.1 cm³/mol. The summed E-state index contributed by atoms with van der Waals surface area (Å²) in [4.78, 5) is 4.40. The number of nitrogens with one attached hydrogen (secondary N) is 1. The van der Waals surface area contributed by atoms with Gasteiger partial charge in [0.15, 0.2) is 0 Å². The summed E-state index contributed by atoms with van der Waals surface area (Å²) in [7, 11) is 1.66. The standard InChI is InChI=1S/C12H21N3O3/c1-12(2,3)9(16-4)10-14-11(18-15-10)8-7-13-5-6-17-8/h8-9,13H,5-7H2,1-4H3. The number of methoxy groups -OCH3 is 1. The van der Waals surface area contributed by atoms with E-state index in [4.69, 9.17) is 14.0 Å². The van der Waals surface area contributed by atoms with Gasteiger partial charge >= 0.3 is 0 Å². The zero-order chi connectivity index (χ0) is 13.2. The van der Waals surface area contributed by atoms with Gasteiger partial charge in [-0.1, -0.05) is 25.9 Å². The molecule has 2 rings (SSSR count). The maximum absolute atomic E-state index is 5.58. The van der Waals surface area contributed by atoms with Gasteiger partial charge < -0.3 is 19.3 Å². The van der Waals surface area contributed by atoms with E-state index in [2.05, 4.69) is 36.2 Å². The van der Waals surface area contributed by atoms with Crippen LogP contribution in [0.2, 0.25) is 0 Å². The van der Waals surface area contributed by atoms with Gasteiger partial charge in [-0.3, -0.25) is 0 Å². The van der Waals surface area contributed by atoms with Crippen molar-refractivity contribution in [2.75, 3.05) is 26.8 Å². The first-order valence-electron chi connectivity index (χ1n) is 6.21. The molecule has 1 fully saturated rings. The van der Waals surface area contributed by atoms with E-state index in [1.165, 1.54) is 0 Å². The van der Waals surface area contributed by atoms with Gasteiger partial charge in [0.2, 0.25) is 5.82 Å². The molecule has 102 valence electrons. The molecule has 2 unspecified atom stereocenters. The van der Waals surface area contributed by atoms with Crippen LogP contribution >= 0.6 is 0 Å². The van der Waals surface area contributed by atoms with Crippen LogP contribution in [0.25, 0.3) is 0 Å². The van der Waals surface area contributed by atoms with Gasteiger partial charge in [0.25, 0.3) is 5.89 Å². The summed E-state index contributed by atoms with van der Waals surface area (Å²) in [5.41, 5.74) is -0.0818. The van der Waals surface area contributed by atoms with Crippen LogP contribution in [0.3, 0.4) is 0 Å². The SMILES string of the molecule is COC(c1noc(C2CNCCO2)n1)C(C)(C)C. The molecule has 0 spiro atoms. The average Bonchev–Trinajstić information content (AvgIpc) is 2.78. The second-order valence-corrected chi connectivity index (χ2v) is 5.54. The van der Waals surface area contributed by atoms with Gasteiger partial charge in [-0.05, 0) is 5.41 Å². The monoisotopic (exact) mass is 255 g/mol. The van der Waals surface area contributed by atoms with Crippen molar-refractivity contribution in [1.29, 1.82) is 0 Å². The average molecular weight is 255 g/mol. The topological polar surface area (TPSA) is 69.4 Å². The lowest BCUT2D eigenvalue weighted by Gasteiger charge is -2.26. The molecule has 2 atom stereocenters. The summed E-state index contributed by atoms with van der Waals surface area (Å²) < 4.78 is 16.3. The van der Waals surface area contributed by atoms with Crippen molar-refractivity contribution in [1.82, 2.24) is 15.5 Å². The van der Waals surface area contributed by atoms with E-state index in [0.29, 0.717) is 24.9 Å². The van der Waals surface area contributed by atoms with Gasteiger partial charge in [0.05, 0.1) is 6.61 Å². The fourth-order valence-electron chi connectivity index (χ4n) is 2.05.